The van der Waals surface area contributed by atoms with Crippen molar-refractivity contribution in [3.63, 3.8) is 0 Å². The highest BCUT2D eigenvalue weighted by Gasteiger charge is 2.33. The highest BCUT2D eigenvalue weighted by Crippen LogP contribution is 2.31. The fraction of sp³-hybridized carbons (Fsp3) is 0. The van der Waals surface area contributed by atoms with Crippen LogP contribution in [-0.4, -0.2) is 26.1 Å². The Morgan fingerprint density at radius 1 is 1.30 bits per heavy atom. The SMILES string of the molecule is O=C(NN1C(=O)/C(=C/c2ccc[nH]2)SC1=S)c1ccc(Cl)cc1. The molecule has 0 unspecified atom stereocenters. The maximum atomic E-state index is 12.4. The van der Waals surface area contributed by atoms with E-state index < -0.39 is 5.91 Å². The number of thioether (sulfide) groups is 1. The summed E-state index contributed by atoms with van der Waals surface area (Å²) in [7, 11) is 0. The van der Waals surface area contributed by atoms with Crippen LogP contribution in [-0.2, 0) is 4.79 Å². The van der Waals surface area contributed by atoms with E-state index in [-0.39, 0.29) is 10.2 Å². The lowest BCUT2D eigenvalue weighted by Gasteiger charge is -2.15. The van der Waals surface area contributed by atoms with E-state index in [1.807, 2.05) is 12.1 Å². The third kappa shape index (κ3) is 3.47. The Morgan fingerprint density at radius 2 is 2.04 bits per heavy atom. The Morgan fingerprint density at radius 3 is 2.70 bits per heavy atom. The summed E-state index contributed by atoms with van der Waals surface area (Å²) in [6.07, 6.45) is 3.45. The molecule has 2 heterocycles. The molecule has 116 valence electrons. The van der Waals surface area contributed by atoms with Gasteiger partial charge in [-0.1, -0.05) is 23.4 Å². The van der Waals surface area contributed by atoms with Crippen LogP contribution in [0.15, 0.2) is 47.5 Å². The molecular formula is C15H10ClN3O2S2. The first-order valence-electron chi connectivity index (χ1n) is 6.52. The second-order valence-electron chi connectivity index (χ2n) is 4.59. The molecule has 1 aromatic heterocycles. The first kappa shape index (κ1) is 15.8. The summed E-state index contributed by atoms with van der Waals surface area (Å²) in [6.45, 7) is 0. The first-order chi connectivity index (χ1) is 11.0. The van der Waals surface area contributed by atoms with Crippen LogP contribution in [0, 0.1) is 0 Å². The average molecular weight is 364 g/mol. The zero-order valence-corrected chi connectivity index (χ0v) is 14.0. The fourth-order valence-corrected chi connectivity index (χ4v) is 3.20. The molecule has 0 radical (unpaired) electrons. The van der Waals surface area contributed by atoms with E-state index in [2.05, 4.69) is 10.4 Å². The number of benzene rings is 1. The van der Waals surface area contributed by atoms with E-state index in [4.69, 9.17) is 23.8 Å². The van der Waals surface area contributed by atoms with Gasteiger partial charge in [0, 0.05) is 22.5 Å². The summed E-state index contributed by atoms with van der Waals surface area (Å²) >= 11 is 12.1. The van der Waals surface area contributed by atoms with Crippen molar-refractivity contribution in [2.75, 3.05) is 0 Å². The first-order valence-corrected chi connectivity index (χ1v) is 8.13. The number of aromatic nitrogens is 1. The van der Waals surface area contributed by atoms with Crippen LogP contribution in [0.1, 0.15) is 16.1 Å². The molecule has 5 nitrogen and oxygen atoms in total. The number of rotatable bonds is 3. The summed E-state index contributed by atoms with van der Waals surface area (Å²) in [5.41, 5.74) is 3.68. The molecule has 0 aliphatic carbocycles. The lowest BCUT2D eigenvalue weighted by Crippen LogP contribution is -2.44. The molecule has 0 spiro atoms. The second-order valence-corrected chi connectivity index (χ2v) is 6.70. The standard InChI is InChI=1S/C15H10ClN3O2S2/c16-10-5-3-9(4-6-10)13(20)18-19-14(21)12(23-15(19)22)8-11-2-1-7-17-11/h1-8,17H,(H,18,20)/b12-8-. The predicted octanol–water partition coefficient (Wildman–Crippen LogP) is 3.21. The minimum absolute atomic E-state index is 0.273. The van der Waals surface area contributed by atoms with Crippen LogP contribution < -0.4 is 5.43 Å². The van der Waals surface area contributed by atoms with Crippen LogP contribution in [0.2, 0.25) is 5.02 Å². The summed E-state index contributed by atoms with van der Waals surface area (Å²) in [4.78, 5) is 28.0. The number of carbonyl (C=O) groups excluding carboxylic acids is 2. The molecule has 1 saturated heterocycles. The summed E-state index contributed by atoms with van der Waals surface area (Å²) in [6, 6.07) is 10.0. The maximum absolute atomic E-state index is 12.4. The van der Waals surface area contributed by atoms with Gasteiger partial charge in [0.1, 0.15) is 0 Å². The highest BCUT2D eigenvalue weighted by molar-refractivity contribution is 8.26. The topological polar surface area (TPSA) is 65.2 Å². The number of hydrogen-bond donors (Lipinski definition) is 2. The van der Waals surface area contributed by atoms with Crippen LogP contribution in [0.4, 0.5) is 0 Å². The fourth-order valence-electron chi connectivity index (χ4n) is 1.91. The summed E-state index contributed by atoms with van der Waals surface area (Å²) in [5, 5.41) is 1.60. The number of hydrazine groups is 1. The summed E-state index contributed by atoms with van der Waals surface area (Å²) in [5.74, 6) is -0.795. The average Bonchev–Trinajstić information content (AvgIpc) is 3.12. The minimum atomic E-state index is -0.431. The van der Waals surface area contributed by atoms with Gasteiger partial charge in [0.25, 0.3) is 11.8 Å². The molecule has 0 atom stereocenters. The molecule has 1 aromatic carbocycles. The molecule has 1 aliphatic heterocycles. The van der Waals surface area contributed by atoms with Gasteiger partial charge in [-0.2, -0.15) is 5.01 Å². The molecule has 8 heteroatoms. The van der Waals surface area contributed by atoms with Crippen LogP contribution in [0.3, 0.4) is 0 Å². The van der Waals surface area contributed by atoms with Gasteiger partial charge in [0.2, 0.25) is 0 Å². The lowest BCUT2D eigenvalue weighted by molar-refractivity contribution is -0.123. The lowest BCUT2D eigenvalue weighted by atomic mass is 10.2. The number of H-pyrrole nitrogens is 1. The minimum Gasteiger partial charge on any atom is -0.362 e. The number of amides is 2. The molecule has 0 saturated carbocycles. The number of halogens is 1. The molecule has 2 aromatic rings. The van der Waals surface area contributed by atoms with Crippen molar-refractivity contribution in [1.29, 1.82) is 0 Å². The second kappa shape index (κ2) is 6.57. The normalized spacial score (nSPS) is 16.2. The van der Waals surface area contributed by atoms with Gasteiger partial charge in [0.05, 0.1) is 4.91 Å². The van der Waals surface area contributed by atoms with Crippen molar-refractivity contribution >= 4 is 57.8 Å². The van der Waals surface area contributed by atoms with Crippen LogP contribution in [0.25, 0.3) is 6.08 Å². The molecular weight excluding hydrogens is 354 g/mol. The maximum Gasteiger partial charge on any atom is 0.285 e. The van der Waals surface area contributed by atoms with Crippen molar-refractivity contribution in [2.45, 2.75) is 0 Å². The Balaban J connectivity index is 1.75. The van der Waals surface area contributed by atoms with Gasteiger partial charge in [-0.25, -0.2) is 0 Å². The quantitative estimate of drug-likeness (QED) is 0.649. The molecule has 1 fully saturated rings. The smallest absolute Gasteiger partial charge is 0.285 e. The number of nitrogens with zero attached hydrogens (tertiary/aromatic N) is 1. The molecule has 0 bridgehead atoms. The van der Waals surface area contributed by atoms with Gasteiger partial charge in [-0.05, 0) is 54.7 Å². The number of hydrogen-bond acceptors (Lipinski definition) is 4. The third-order valence-electron chi connectivity index (χ3n) is 3.02. The zero-order chi connectivity index (χ0) is 16.4. The van der Waals surface area contributed by atoms with Gasteiger partial charge < -0.3 is 4.98 Å². The van der Waals surface area contributed by atoms with Crippen molar-refractivity contribution in [2.24, 2.45) is 0 Å². The molecule has 1 aliphatic rings. The van der Waals surface area contributed by atoms with E-state index >= 15 is 0 Å². The van der Waals surface area contributed by atoms with Gasteiger partial charge in [-0.3, -0.25) is 15.0 Å². The highest BCUT2D eigenvalue weighted by atomic mass is 35.5. The third-order valence-corrected chi connectivity index (χ3v) is 4.58. The van der Waals surface area contributed by atoms with E-state index in [1.54, 1.807) is 36.5 Å². The Hall–Kier alpha value is -2.09. The van der Waals surface area contributed by atoms with E-state index in [0.717, 1.165) is 22.5 Å². The van der Waals surface area contributed by atoms with Crippen molar-refractivity contribution in [3.8, 4) is 0 Å². The number of aromatic amines is 1. The van der Waals surface area contributed by atoms with Crippen molar-refractivity contribution in [3.05, 3.63) is 63.8 Å². The van der Waals surface area contributed by atoms with Crippen LogP contribution in [0.5, 0.6) is 0 Å². The van der Waals surface area contributed by atoms with Crippen molar-refractivity contribution in [1.82, 2.24) is 15.4 Å². The Labute approximate surface area is 146 Å². The largest absolute Gasteiger partial charge is 0.362 e. The number of carbonyl (C=O) groups is 2. The number of thiocarbonyl (C=S) groups is 1. The van der Waals surface area contributed by atoms with Gasteiger partial charge in [-0.15, -0.1) is 0 Å². The predicted molar refractivity (Wildman–Crippen MR) is 94.7 cm³/mol. The van der Waals surface area contributed by atoms with E-state index in [1.165, 1.54) is 0 Å². The molecule has 23 heavy (non-hydrogen) atoms. The Bertz CT molecular complexity index is 801. The monoisotopic (exact) mass is 363 g/mol. The number of nitrogens with one attached hydrogen (secondary N) is 2. The Kier molecular flexibility index (Phi) is 4.51. The molecule has 3 rings (SSSR count). The molecule has 2 N–H and O–H groups in total. The molecule has 2 amide bonds. The zero-order valence-electron chi connectivity index (χ0n) is 11.6. The van der Waals surface area contributed by atoms with Crippen LogP contribution >= 0.6 is 35.6 Å². The van der Waals surface area contributed by atoms with Gasteiger partial charge >= 0.3 is 0 Å². The van der Waals surface area contributed by atoms with Gasteiger partial charge in [0.15, 0.2) is 4.32 Å². The van der Waals surface area contributed by atoms with E-state index in [0.29, 0.717) is 15.5 Å². The van der Waals surface area contributed by atoms with Crippen molar-refractivity contribution < 1.29 is 9.59 Å². The summed E-state index contributed by atoms with van der Waals surface area (Å²) < 4.78 is 0.273. The van der Waals surface area contributed by atoms with E-state index in [9.17, 15) is 9.59 Å².